The molecule has 1 aromatic heterocycles. The van der Waals surface area contributed by atoms with Crippen LogP contribution in [-0.2, 0) is 0 Å². The van der Waals surface area contributed by atoms with E-state index in [9.17, 15) is 18.4 Å². The number of aromatic carboxylic acids is 1. The van der Waals surface area contributed by atoms with Crippen LogP contribution in [0.15, 0.2) is 18.2 Å². The number of rotatable bonds is 5. The average Bonchev–Trinajstić information content (AvgIpc) is 2.81. The maximum absolute atomic E-state index is 12.4. The Balaban J connectivity index is 2.34. The van der Waals surface area contributed by atoms with Crippen LogP contribution in [0.5, 0.6) is 5.75 Å². The number of carboxylic acid groups (broad SMARTS) is 1. The lowest BCUT2D eigenvalue weighted by Crippen LogP contribution is -2.14. The number of hydrogen-bond acceptors (Lipinski definition) is 4. The van der Waals surface area contributed by atoms with Gasteiger partial charge in [0.2, 0.25) is 0 Å². The minimum atomic E-state index is -3.04. The minimum Gasteiger partial charge on any atom is -0.478 e. The van der Waals surface area contributed by atoms with Crippen LogP contribution < -0.4 is 10.1 Å². The van der Waals surface area contributed by atoms with E-state index in [1.807, 2.05) is 0 Å². The predicted octanol–water partition coefficient (Wildman–Crippen LogP) is 4.23. The summed E-state index contributed by atoms with van der Waals surface area (Å²) >= 11 is 1.02. The third-order valence-corrected chi connectivity index (χ3v) is 4.32. The number of thiophene rings is 1. The van der Waals surface area contributed by atoms with Crippen molar-refractivity contribution in [1.82, 2.24) is 0 Å². The van der Waals surface area contributed by atoms with Gasteiger partial charge >= 0.3 is 12.6 Å². The minimum absolute atomic E-state index is 0.00431. The number of ether oxygens (including phenoxy) is 1. The van der Waals surface area contributed by atoms with Crippen LogP contribution in [0.2, 0.25) is 0 Å². The van der Waals surface area contributed by atoms with Gasteiger partial charge in [-0.2, -0.15) is 8.78 Å². The first-order valence-corrected chi connectivity index (χ1v) is 7.71. The smallest absolute Gasteiger partial charge is 0.387 e. The first kappa shape index (κ1) is 17.9. The van der Waals surface area contributed by atoms with E-state index in [4.69, 9.17) is 5.11 Å². The van der Waals surface area contributed by atoms with Gasteiger partial charge in [0.25, 0.3) is 5.91 Å². The number of carbonyl (C=O) groups is 2. The van der Waals surface area contributed by atoms with E-state index in [1.165, 1.54) is 12.1 Å². The Bertz CT molecular complexity index is 802. The van der Waals surface area contributed by atoms with Gasteiger partial charge in [-0.25, -0.2) is 4.79 Å². The van der Waals surface area contributed by atoms with Crippen molar-refractivity contribution in [3.8, 4) is 5.75 Å². The zero-order valence-electron chi connectivity index (χ0n) is 13.1. The van der Waals surface area contributed by atoms with Crippen LogP contribution in [0.3, 0.4) is 0 Å². The number of anilines is 1. The summed E-state index contributed by atoms with van der Waals surface area (Å²) < 4.78 is 29.2. The average molecular weight is 355 g/mol. The molecule has 0 aliphatic carbocycles. The van der Waals surface area contributed by atoms with E-state index in [0.717, 1.165) is 11.3 Å². The number of amides is 1. The number of carbonyl (C=O) groups excluding carboxylic acids is 1. The second kappa shape index (κ2) is 6.96. The topological polar surface area (TPSA) is 75.6 Å². The van der Waals surface area contributed by atoms with E-state index >= 15 is 0 Å². The molecule has 1 amide bonds. The van der Waals surface area contributed by atoms with E-state index in [0.29, 0.717) is 21.7 Å². The van der Waals surface area contributed by atoms with Crippen molar-refractivity contribution in [3.63, 3.8) is 0 Å². The Morgan fingerprint density at radius 1 is 1.17 bits per heavy atom. The van der Waals surface area contributed by atoms with Crippen molar-refractivity contribution in [2.45, 2.75) is 27.4 Å². The summed E-state index contributed by atoms with van der Waals surface area (Å²) in [6.07, 6.45) is 0. The van der Waals surface area contributed by atoms with Crippen molar-refractivity contribution < 1.29 is 28.2 Å². The molecule has 2 N–H and O–H groups in total. The fraction of sp³-hybridized carbons (Fsp3) is 0.250. The Labute approximate surface area is 140 Å². The third kappa shape index (κ3) is 3.88. The molecule has 0 bridgehead atoms. The summed E-state index contributed by atoms with van der Waals surface area (Å²) in [7, 11) is 0. The van der Waals surface area contributed by atoms with Crippen molar-refractivity contribution >= 4 is 28.9 Å². The van der Waals surface area contributed by atoms with Crippen molar-refractivity contribution in [3.05, 3.63) is 44.6 Å². The van der Waals surface area contributed by atoms with Gasteiger partial charge in [0.15, 0.2) is 0 Å². The summed E-state index contributed by atoms with van der Waals surface area (Å²) in [5, 5.41) is 11.7. The Morgan fingerprint density at radius 2 is 1.83 bits per heavy atom. The highest BCUT2D eigenvalue weighted by molar-refractivity contribution is 7.14. The van der Waals surface area contributed by atoms with Gasteiger partial charge in [-0.05, 0) is 44.0 Å². The van der Waals surface area contributed by atoms with E-state index in [2.05, 4.69) is 10.1 Å². The van der Waals surface area contributed by atoms with Crippen LogP contribution >= 0.6 is 11.3 Å². The molecule has 5 nitrogen and oxygen atoms in total. The summed E-state index contributed by atoms with van der Waals surface area (Å²) in [5.41, 5.74) is 1.58. The molecular weight excluding hydrogens is 340 g/mol. The van der Waals surface area contributed by atoms with Crippen LogP contribution in [0.25, 0.3) is 0 Å². The zero-order chi connectivity index (χ0) is 18.0. The fourth-order valence-corrected chi connectivity index (χ4v) is 3.07. The maximum atomic E-state index is 12.4. The molecule has 0 aliphatic heterocycles. The molecule has 0 saturated heterocycles. The number of nitrogens with one attached hydrogen (secondary N) is 1. The van der Waals surface area contributed by atoms with Crippen molar-refractivity contribution in [2.75, 3.05) is 5.32 Å². The molecule has 0 saturated carbocycles. The zero-order valence-corrected chi connectivity index (χ0v) is 14.0. The molecule has 8 heteroatoms. The second-order valence-electron chi connectivity index (χ2n) is 5.17. The highest BCUT2D eigenvalue weighted by Crippen LogP contribution is 2.31. The van der Waals surface area contributed by atoms with E-state index < -0.39 is 18.5 Å². The molecule has 128 valence electrons. The number of alkyl halides is 2. The quantitative estimate of drug-likeness (QED) is 0.842. The number of benzene rings is 1. The number of carboxylic acids is 1. The fourth-order valence-electron chi connectivity index (χ4n) is 2.23. The monoisotopic (exact) mass is 355 g/mol. The lowest BCUT2D eigenvalue weighted by atomic mass is 10.0. The summed E-state index contributed by atoms with van der Waals surface area (Å²) in [4.78, 5) is 24.2. The molecule has 2 aromatic rings. The van der Waals surface area contributed by atoms with Crippen LogP contribution in [0, 0.1) is 20.8 Å². The number of halogens is 2. The number of hydrogen-bond donors (Lipinski definition) is 2. The van der Waals surface area contributed by atoms with Gasteiger partial charge in [0, 0.05) is 10.6 Å². The molecule has 0 aliphatic rings. The summed E-state index contributed by atoms with van der Waals surface area (Å²) in [5.74, 6) is -1.95. The van der Waals surface area contributed by atoms with Gasteiger partial charge < -0.3 is 15.2 Å². The number of aryl methyl sites for hydroxylation is 3. The van der Waals surface area contributed by atoms with Gasteiger partial charge in [0.05, 0.1) is 5.56 Å². The standard InChI is InChI=1S/C16H15F2NO4S/c1-7-4-8(2)11(6-10(7)15(21)22)19-14(20)13-12(23-16(17)18)5-9(3)24-13/h4-6,16H,1-3H3,(H,19,20)(H,21,22). The first-order valence-electron chi connectivity index (χ1n) is 6.90. The van der Waals surface area contributed by atoms with E-state index in [-0.39, 0.29) is 16.2 Å². The molecule has 0 fully saturated rings. The van der Waals surface area contributed by atoms with Crippen LogP contribution in [0.1, 0.15) is 36.0 Å². The first-order chi connectivity index (χ1) is 11.2. The Hall–Kier alpha value is -2.48. The van der Waals surface area contributed by atoms with Gasteiger partial charge in [0.1, 0.15) is 10.6 Å². The maximum Gasteiger partial charge on any atom is 0.387 e. The van der Waals surface area contributed by atoms with Crippen LogP contribution in [0.4, 0.5) is 14.5 Å². The van der Waals surface area contributed by atoms with E-state index in [1.54, 1.807) is 26.8 Å². The van der Waals surface area contributed by atoms with Crippen LogP contribution in [-0.4, -0.2) is 23.6 Å². The second-order valence-corrected chi connectivity index (χ2v) is 6.43. The van der Waals surface area contributed by atoms with Gasteiger partial charge in [-0.15, -0.1) is 11.3 Å². The summed E-state index contributed by atoms with van der Waals surface area (Å²) in [6, 6.07) is 4.34. The van der Waals surface area contributed by atoms with Gasteiger partial charge in [-0.3, -0.25) is 4.79 Å². The normalized spacial score (nSPS) is 10.8. The molecular formula is C16H15F2NO4S. The van der Waals surface area contributed by atoms with Crippen molar-refractivity contribution in [1.29, 1.82) is 0 Å². The lowest BCUT2D eigenvalue weighted by Gasteiger charge is -2.12. The predicted molar refractivity (Wildman–Crippen MR) is 86.5 cm³/mol. The third-order valence-electron chi connectivity index (χ3n) is 3.29. The Morgan fingerprint density at radius 3 is 2.42 bits per heavy atom. The molecule has 0 atom stereocenters. The molecule has 24 heavy (non-hydrogen) atoms. The molecule has 1 aromatic carbocycles. The molecule has 0 unspecified atom stereocenters. The van der Waals surface area contributed by atoms with Crippen molar-refractivity contribution in [2.24, 2.45) is 0 Å². The molecule has 1 heterocycles. The molecule has 2 rings (SSSR count). The Kier molecular flexibility index (Phi) is 5.18. The SMILES string of the molecule is Cc1cc(OC(F)F)c(C(=O)Nc2cc(C(=O)O)c(C)cc2C)s1. The highest BCUT2D eigenvalue weighted by atomic mass is 32.1. The van der Waals surface area contributed by atoms with Gasteiger partial charge in [-0.1, -0.05) is 6.07 Å². The molecule has 0 radical (unpaired) electrons. The highest BCUT2D eigenvalue weighted by Gasteiger charge is 2.20. The summed E-state index contributed by atoms with van der Waals surface area (Å²) in [6.45, 7) is 1.99. The largest absolute Gasteiger partial charge is 0.478 e. The molecule has 0 spiro atoms. The lowest BCUT2D eigenvalue weighted by molar-refractivity contribution is -0.0498.